The van der Waals surface area contributed by atoms with Crippen molar-refractivity contribution in [2.75, 3.05) is 30.7 Å². The Morgan fingerprint density at radius 2 is 2.25 bits per heavy atom. The van der Waals surface area contributed by atoms with Crippen LogP contribution in [-0.4, -0.2) is 49.6 Å². The molecule has 0 aromatic carbocycles. The molecule has 1 aromatic rings. The number of nitrogens with zero attached hydrogens (tertiary/aromatic N) is 2. The number of hydrogen-bond donors (Lipinski definition) is 1. The van der Waals surface area contributed by atoms with Gasteiger partial charge in [0.25, 0.3) is 0 Å². The molecule has 0 saturated carbocycles. The lowest BCUT2D eigenvalue weighted by molar-refractivity contribution is -0.127. The summed E-state index contributed by atoms with van der Waals surface area (Å²) in [6.45, 7) is 1.24. The largest absolute Gasteiger partial charge is 0.368 e. The van der Waals surface area contributed by atoms with Gasteiger partial charge in [0.05, 0.1) is 5.75 Å². The number of hydrogen-bond acceptors (Lipinski definition) is 5. The number of nitrogens with one attached hydrogen (secondary N) is 1. The molecule has 1 fully saturated rings. The Morgan fingerprint density at radius 3 is 2.90 bits per heavy atom. The Labute approximate surface area is 117 Å². The van der Waals surface area contributed by atoms with Crippen LogP contribution in [0, 0.1) is 5.92 Å². The van der Waals surface area contributed by atoms with Crippen molar-refractivity contribution in [1.82, 2.24) is 9.88 Å². The van der Waals surface area contributed by atoms with E-state index >= 15 is 0 Å². The van der Waals surface area contributed by atoms with Crippen molar-refractivity contribution in [1.29, 1.82) is 0 Å². The Kier molecular flexibility index (Phi) is 4.53. The summed E-state index contributed by atoms with van der Waals surface area (Å²) in [5.74, 6) is -0.459. The Hall–Kier alpha value is -1.70. The first-order valence-electron chi connectivity index (χ1n) is 6.29. The van der Waals surface area contributed by atoms with Crippen LogP contribution in [0.15, 0.2) is 24.4 Å². The molecule has 6 nitrogen and oxygen atoms in total. The first-order chi connectivity index (χ1) is 9.44. The monoisotopic (exact) mass is 301 g/mol. The van der Waals surface area contributed by atoms with Crippen molar-refractivity contribution >= 4 is 21.9 Å². The van der Waals surface area contributed by atoms with E-state index in [1.165, 1.54) is 0 Å². The van der Waals surface area contributed by atoms with Crippen LogP contribution in [0.2, 0.25) is 0 Å². The molecule has 1 aliphatic heterocycles. The first kappa shape index (κ1) is 14.7. The van der Waals surface area contributed by atoms with Gasteiger partial charge >= 0.3 is 10.2 Å². The molecule has 2 rings (SSSR count). The fourth-order valence-corrected chi connectivity index (χ4v) is 3.04. The lowest BCUT2D eigenvalue weighted by atomic mass is 10.1. The van der Waals surface area contributed by atoms with Crippen LogP contribution in [0.5, 0.6) is 0 Å². The lowest BCUT2D eigenvalue weighted by Gasteiger charge is -2.16. The second-order valence-corrected chi connectivity index (χ2v) is 6.17. The van der Waals surface area contributed by atoms with Crippen molar-refractivity contribution in [3.05, 3.63) is 24.4 Å². The zero-order chi connectivity index (χ0) is 14.6. The molecule has 1 amide bonds. The van der Waals surface area contributed by atoms with Gasteiger partial charge in [0, 0.05) is 38.2 Å². The third-order valence-electron chi connectivity index (χ3n) is 3.08. The van der Waals surface area contributed by atoms with Gasteiger partial charge in [0.1, 0.15) is 5.82 Å². The molecule has 20 heavy (non-hydrogen) atoms. The molecule has 0 radical (unpaired) electrons. The second kappa shape index (κ2) is 6.17. The van der Waals surface area contributed by atoms with E-state index in [1.54, 1.807) is 17.2 Å². The topological polar surface area (TPSA) is 79.4 Å². The zero-order valence-corrected chi connectivity index (χ0v) is 11.6. The molecular weight excluding hydrogens is 285 g/mol. The highest BCUT2D eigenvalue weighted by Gasteiger charge is 2.32. The summed E-state index contributed by atoms with van der Waals surface area (Å²) >= 11 is 0. The van der Waals surface area contributed by atoms with Gasteiger partial charge in [-0.05, 0) is 12.1 Å². The Bertz CT molecular complexity index is 565. The van der Waals surface area contributed by atoms with Crippen molar-refractivity contribution in [3.8, 4) is 0 Å². The van der Waals surface area contributed by atoms with Gasteiger partial charge in [0.2, 0.25) is 5.91 Å². The van der Waals surface area contributed by atoms with Crippen LogP contribution >= 0.6 is 0 Å². The highest BCUT2D eigenvalue weighted by molar-refractivity contribution is 7.86. The van der Waals surface area contributed by atoms with Gasteiger partial charge in [-0.2, -0.15) is 8.42 Å². The SMILES string of the molecule is O=C1CC(CS(=O)(=O)F)CN1CCNc1ccccn1. The number of carbonyl (C=O) groups is 1. The molecule has 0 bridgehead atoms. The van der Waals surface area contributed by atoms with Gasteiger partial charge in [-0.3, -0.25) is 4.79 Å². The predicted molar refractivity (Wildman–Crippen MR) is 72.3 cm³/mol. The van der Waals surface area contributed by atoms with E-state index in [1.807, 2.05) is 12.1 Å². The minimum absolute atomic E-state index is 0.0900. The number of likely N-dealkylation sites (tertiary alicyclic amines) is 1. The number of pyridine rings is 1. The standard InChI is InChI=1S/C12H16FN3O3S/c13-20(18,19)9-10-7-12(17)16(8-10)6-5-15-11-3-1-2-4-14-11/h1-4,10H,5-9H2,(H,14,15). The van der Waals surface area contributed by atoms with Gasteiger partial charge in [-0.15, -0.1) is 3.89 Å². The Morgan fingerprint density at radius 1 is 1.45 bits per heavy atom. The average Bonchev–Trinajstić information content (AvgIpc) is 2.68. The van der Waals surface area contributed by atoms with Crippen molar-refractivity contribution in [2.45, 2.75) is 6.42 Å². The van der Waals surface area contributed by atoms with E-state index in [2.05, 4.69) is 10.3 Å². The number of halogens is 1. The van der Waals surface area contributed by atoms with Gasteiger partial charge in [0.15, 0.2) is 0 Å². The van der Waals surface area contributed by atoms with E-state index in [0.29, 0.717) is 18.9 Å². The highest BCUT2D eigenvalue weighted by Crippen LogP contribution is 2.19. The molecule has 0 spiro atoms. The van der Waals surface area contributed by atoms with Crippen LogP contribution in [0.1, 0.15) is 6.42 Å². The summed E-state index contributed by atoms with van der Waals surface area (Å²) in [6, 6.07) is 5.46. The Balaban J connectivity index is 1.78. The minimum Gasteiger partial charge on any atom is -0.368 e. The number of anilines is 1. The smallest absolute Gasteiger partial charge is 0.302 e. The van der Waals surface area contributed by atoms with E-state index in [-0.39, 0.29) is 18.9 Å². The minimum atomic E-state index is -4.52. The van der Waals surface area contributed by atoms with Crippen molar-refractivity contribution in [3.63, 3.8) is 0 Å². The van der Waals surface area contributed by atoms with Gasteiger partial charge in [-0.1, -0.05) is 6.07 Å². The number of aromatic nitrogens is 1. The fraction of sp³-hybridized carbons (Fsp3) is 0.500. The van der Waals surface area contributed by atoms with Crippen LogP contribution in [-0.2, 0) is 15.0 Å². The van der Waals surface area contributed by atoms with E-state index in [4.69, 9.17) is 0 Å². The molecule has 8 heteroatoms. The summed E-state index contributed by atoms with van der Waals surface area (Å²) in [5, 5.41) is 3.06. The van der Waals surface area contributed by atoms with Crippen LogP contribution in [0.4, 0.5) is 9.70 Å². The van der Waals surface area contributed by atoms with Gasteiger partial charge in [-0.25, -0.2) is 4.98 Å². The summed E-state index contributed by atoms with van der Waals surface area (Å²) in [6.07, 6.45) is 1.75. The molecule has 1 aliphatic rings. The molecular formula is C12H16FN3O3S. The van der Waals surface area contributed by atoms with Crippen molar-refractivity contribution in [2.24, 2.45) is 5.92 Å². The summed E-state index contributed by atoms with van der Waals surface area (Å²) in [4.78, 5) is 17.3. The first-order valence-corrected chi connectivity index (χ1v) is 7.84. The van der Waals surface area contributed by atoms with Crippen LogP contribution in [0.3, 0.4) is 0 Å². The average molecular weight is 301 g/mol. The maximum absolute atomic E-state index is 12.6. The molecule has 1 unspecified atom stereocenters. The maximum Gasteiger partial charge on any atom is 0.302 e. The van der Waals surface area contributed by atoms with E-state index < -0.39 is 21.9 Å². The molecule has 1 N–H and O–H groups in total. The lowest BCUT2D eigenvalue weighted by Crippen LogP contribution is -2.31. The molecule has 110 valence electrons. The van der Waals surface area contributed by atoms with Gasteiger partial charge < -0.3 is 10.2 Å². The van der Waals surface area contributed by atoms with Crippen LogP contribution in [0.25, 0.3) is 0 Å². The zero-order valence-electron chi connectivity index (χ0n) is 10.8. The molecule has 2 heterocycles. The predicted octanol–water partition coefficient (Wildman–Crippen LogP) is 0.641. The summed E-state index contributed by atoms with van der Waals surface area (Å²) in [5.41, 5.74) is 0. The quantitative estimate of drug-likeness (QED) is 0.780. The fourth-order valence-electron chi connectivity index (χ4n) is 2.25. The molecule has 1 aromatic heterocycles. The third-order valence-corrected chi connectivity index (χ3v) is 3.95. The van der Waals surface area contributed by atoms with Crippen molar-refractivity contribution < 1.29 is 17.1 Å². The number of amides is 1. The number of carbonyl (C=O) groups excluding carboxylic acids is 1. The maximum atomic E-state index is 12.6. The molecule has 1 saturated heterocycles. The van der Waals surface area contributed by atoms with Crippen LogP contribution < -0.4 is 5.32 Å². The summed E-state index contributed by atoms with van der Waals surface area (Å²) in [7, 11) is -4.52. The highest BCUT2D eigenvalue weighted by atomic mass is 32.3. The molecule has 0 aliphatic carbocycles. The normalized spacial score (nSPS) is 19.4. The second-order valence-electron chi connectivity index (χ2n) is 4.76. The van der Waals surface area contributed by atoms with E-state index in [0.717, 1.165) is 0 Å². The molecule has 1 atom stereocenters. The third kappa shape index (κ3) is 4.44. The van der Waals surface area contributed by atoms with E-state index in [9.17, 15) is 17.1 Å². The summed E-state index contributed by atoms with van der Waals surface area (Å²) < 4.78 is 33.8. The number of rotatable bonds is 6.